The first kappa shape index (κ1) is 18.9. The van der Waals surface area contributed by atoms with Crippen LogP contribution in [0.5, 0.6) is 0 Å². The number of nitrogens with zero attached hydrogens (tertiary/aromatic N) is 1. The third kappa shape index (κ3) is 4.28. The Bertz CT molecular complexity index is 837. The molecule has 142 valence electrons. The lowest BCUT2D eigenvalue weighted by Gasteiger charge is -2.23. The number of amides is 2. The normalized spacial score (nSPS) is 15.0. The third-order valence-electron chi connectivity index (χ3n) is 4.76. The van der Waals surface area contributed by atoms with Crippen LogP contribution in [0.3, 0.4) is 0 Å². The highest BCUT2D eigenvalue weighted by molar-refractivity contribution is 6.00. The second kappa shape index (κ2) is 8.22. The maximum absolute atomic E-state index is 12.9. The van der Waals surface area contributed by atoms with Crippen LogP contribution in [0.1, 0.15) is 19.4 Å². The molecule has 2 aromatic rings. The smallest absolute Gasteiger partial charge is 0.253 e. The molecular formula is C21H25N3O3. The van der Waals surface area contributed by atoms with Gasteiger partial charge in [0.2, 0.25) is 5.91 Å². The fourth-order valence-electron chi connectivity index (χ4n) is 3.15. The number of hydrogen-bond acceptors (Lipinski definition) is 4. The Morgan fingerprint density at radius 2 is 1.81 bits per heavy atom. The minimum Gasteiger partial charge on any atom is -0.374 e. The Kier molecular flexibility index (Phi) is 5.76. The average Bonchev–Trinajstić information content (AvgIpc) is 3.11. The van der Waals surface area contributed by atoms with Crippen LogP contribution >= 0.6 is 0 Å². The fraction of sp³-hybridized carbons (Fsp3) is 0.333. The van der Waals surface area contributed by atoms with E-state index >= 15 is 0 Å². The van der Waals surface area contributed by atoms with E-state index in [0.29, 0.717) is 12.2 Å². The molecule has 27 heavy (non-hydrogen) atoms. The number of hydrogen-bond donors (Lipinski definition) is 2. The van der Waals surface area contributed by atoms with Crippen molar-refractivity contribution in [3.8, 4) is 0 Å². The topological polar surface area (TPSA) is 70.7 Å². The van der Waals surface area contributed by atoms with Crippen LogP contribution in [0.2, 0.25) is 0 Å². The summed E-state index contributed by atoms with van der Waals surface area (Å²) in [6.07, 6.45) is 0.353. The van der Waals surface area contributed by atoms with Gasteiger partial charge < -0.3 is 20.3 Å². The van der Waals surface area contributed by atoms with Crippen molar-refractivity contribution in [2.24, 2.45) is 0 Å². The summed E-state index contributed by atoms with van der Waals surface area (Å²) in [4.78, 5) is 26.7. The van der Waals surface area contributed by atoms with E-state index in [1.54, 1.807) is 13.0 Å². The van der Waals surface area contributed by atoms with Crippen molar-refractivity contribution in [3.05, 3.63) is 54.1 Å². The number of methoxy groups -OCH3 is 1. The molecule has 0 saturated heterocycles. The van der Waals surface area contributed by atoms with Gasteiger partial charge in [0, 0.05) is 30.7 Å². The zero-order chi connectivity index (χ0) is 19.4. The lowest BCUT2D eigenvalue weighted by atomic mass is 10.2. The van der Waals surface area contributed by atoms with Gasteiger partial charge in [-0.25, -0.2) is 0 Å². The molecule has 1 aliphatic rings. The lowest BCUT2D eigenvalue weighted by Crippen LogP contribution is -2.40. The standard InChI is InChI=1S/C21H25N3O3/c1-14(21(26)24-12-11-16-7-4-5-10-19(16)24)22-17-8-6-9-18(13-17)23-20(25)15(2)27-3/h4-10,13-15,22H,11-12H2,1-3H3,(H,23,25). The van der Waals surface area contributed by atoms with Gasteiger partial charge in [-0.15, -0.1) is 0 Å². The van der Waals surface area contributed by atoms with Crippen molar-refractivity contribution >= 4 is 28.9 Å². The number of ether oxygens (including phenoxy) is 1. The molecular weight excluding hydrogens is 342 g/mol. The average molecular weight is 367 g/mol. The van der Waals surface area contributed by atoms with E-state index in [4.69, 9.17) is 4.74 Å². The van der Waals surface area contributed by atoms with Crippen LogP contribution in [0.25, 0.3) is 0 Å². The molecule has 2 atom stereocenters. The highest BCUT2D eigenvalue weighted by Gasteiger charge is 2.27. The molecule has 0 radical (unpaired) electrons. The molecule has 2 aromatic carbocycles. The molecule has 0 saturated carbocycles. The van der Waals surface area contributed by atoms with E-state index in [1.165, 1.54) is 12.7 Å². The molecule has 3 rings (SSSR count). The quantitative estimate of drug-likeness (QED) is 0.823. The number of anilines is 3. The summed E-state index contributed by atoms with van der Waals surface area (Å²) in [5.41, 5.74) is 3.62. The van der Waals surface area contributed by atoms with Crippen LogP contribution in [0, 0.1) is 0 Å². The van der Waals surface area contributed by atoms with Crippen LogP contribution in [-0.4, -0.2) is 37.6 Å². The molecule has 1 heterocycles. The number of carbonyl (C=O) groups excluding carboxylic acids is 2. The second-order valence-electron chi connectivity index (χ2n) is 6.68. The van der Waals surface area contributed by atoms with Gasteiger partial charge in [-0.3, -0.25) is 9.59 Å². The first-order valence-electron chi connectivity index (χ1n) is 9.09. The molecule has 0 fully saturated rings. The number of nitrogens with one attached hydrogen (secondary N) is 2. The summed E-state index contributed by atoms with van der Waals surface area (Å²) in [7, 11) is 1.49. The van der Waals surface area contributed by atoms with Crippen molar-refractivity contribution < 1.29 is 14.3 Å². The largest absolute Gasteiger partial charge is 0.374 e. The van der Waals surface area contributed by atoms with Crippen molar-refractivity contribution in [2.75, 3.05) is 29.2 Å². The Labute approximate surface area is 159 Å². The van der Waals surface area contributed by atoms with Gasteiger partial charge in [0.1, 0.15) is 12.1 Å². The van der Waals surface area contributed by atoms with E-state index in [2.05, 4.69) is 16.7 Å². The molecule has 2 N–H and O–H groups in total. The van der Waals surface area contributed by atoms with Crippen LogP contribution < -0.4 is 15.5 Å². The predicted molar refractivity (Wildman–Crippen MR) is 107 cm³/mol. The summed E-state index contributed by atoms with van der Waals surface area (Å²) < 4.78 is 5.02. The van der Waals surface area contributed by atoms with Crippen LogP contribution in [0.4, 0.5) is 17.1 Å². The van der Waals surface area contributed by atoms with E-state index in [-0.39, 0.29) is 17.9 Å². The highest BCUT2D eigenvalue weighted by atomic mass is 16.5. The fourth-order valence-corrected chi connectivity index (χ4v) is 3.15. The molecule has 1 aliphatic heterocycles. The molecule has 0 aromatic heterocycles. The maximum atomic E-state index is 12.9. The van der Waals surface area contributed by atoms with Gasteiger partial charge in [0.15, 0.2) is 0 Å². The molecule has 0 bridgehead atoms. The number of carbonyl (C=O) groups is 2. The summed E-state index contributed by atoms with van der Waals surface area (Å²) >= 11 is 0. The van der Waals surface area contributed by atoms with Gasteiger partial charge >= 0.3 is 0 Å². The van der Waals surface area contributed by atoms with Crippen LogP contribution in [-0.2, 0) is 20.7 Å². The van der Waals surface area contributed by atoms with Crippen LogP contribution in [0.15, 0.2) is 48.5 Å². The van der Waals surface area contributed by atoms with E-state index < -0.39 is 6.10 Å². The number of benzene rings is 2. The molecule has 2 unspecified atom stereocenters. The lowest BCUT2D eigenvalue weighted by molar-refractivity contribution is -0.124. The number of fused-ring (bicyclic) bond motifs is 1. The predicted octanol–water partition coefficient (Wildman–Crippen LogP) is 3.05. The summed E-state index contributed by atoms with van der Waals surface area (Å²) in [5, 5.41) is 6.04. The van der Waals surface area contributed by atoms with Gasteiger partial charge in [-0.1, -0.05) is 24.3 Å². The number of para-hydroxylation sites is 1. The summed E-state index contributed by atoms with van der Waals surface area (Å²) in [6, 6.07) is 14.9. The Morgan fingerprint density at radius 1 is 1.07 bits per heavy atom. The summed E-state index contributed by atoms with van der Waals surface area (Å²) in [6.45, 7) is 4.24. The minimum atomic E-state index is -0.530. The van der Waals surface area contributed by atoms with Crippen molar-refractivity contribution in [3.63, 3.8) is 0 Å². The van der Waals surface area contributed by atoms with E-state index in [1.807, 2.05) is 48.2 Å². The van der Waals surface area contributed by atoms with Gasteiger partial charge in [0.05, 0.1) is 0 Å². The maximum Gasteiger partial charge on any atom is 0.253 e. The van der Waals surface area contributed by atoms with E-state index in [0.717, 1.165) is 17.8 Å². The molecule has 6 heteroatoms. The Morgan fingerprint density at radius 3 is 2.59 bits per heavy atom. The monoisotopic (exact) mass is 367 g/mol. The van der Waals surface area contributed by atoms with E-state index in [9.17, 15) is 9.59 Å². The Hall–Kier alpha value is -2.86. The first-order valence-corrected chi connectivity index (χ1v) is 9.09. The molecule has 0 aliphatic carbocycles. The second-order valence-corrected chi connectivity index (χ2v) is 6.68. The molecule has 6 nitrogen and oxygen atoms in total. The summed E-state index contributed by atoms with van der Waals surface area (Å²) in [5.74, 6) is -0.185. The zero-order valence-electron chi connectivity index (χ0n) is 15.9. The minimum absolute atomic E-state index is 0.0300. The van der Waals surface area contributed by atoms with Crippen molar-refractivity contribution in [2.45, 2.75) is 32.4 Å². The Balaban J connectivity index is 1.66. The number of rotatable bonds is 6. The van der Waals surface area contributed by atoms with Gasteiger partial charge in [-0.2, -0.15) is 0 Å². The van der Waals surface area contributed by atoms with Gasteiger partial charge in [0.25, 0.3) is 5.91 Å². The first-order chi connectivity index (χ1) is 13.0. The van der Waals surface area contributed by atoms with Gasteiger partial charge in [-0.05, 0) is 50.1 Å². The zero-order valence-corrected chi connectivity index (χ0v) is 15.9. The molecule has 0 spiro atoms. The van der Waals surface area contributed by atoms with Crippen molar-refractivity contribution in [1.29, 1.82) is 0 Å². The molecule has 2 amide bonds. The SMILES string of the molecule is COC(C)C(=O)Nc1cccc(NC(C)C(=O)N2CCc3ccccc32)c1. The highest BCUT2D eigenvalue weighted by Crippen LogP contribution is 2.28. The third-order valence-corrected chi connectivity index (χ3v) is 4.76. The van der Waals surface area contributed by atoms with Crippen molar-refractivity contribution in [1.82, 2.24) is 0 Å².